The van der Waals surface area contributed by atoms with Crippen molar-refractivity contribution in [3.05, 3.63) is 0 Å². The molecule has 0 saturated carbocycles. The predicted molar refractivity (Wildman–Crippen MR) is 11.1 cm³/mol. The van der Waals surface area contributed by atoms with Gasteiger partial charge in [-0.1, -0.05) is 0 Å². The molecule has 0 aromatic heterocycles. The molecule has 0 rings (SSSR count). The SMILES string of the molecule is [AlH3].[Co].[H-].[Li+].[Mn].[Ni]. The standard InChI is InChI=1S/Al.Co.Li.Mn.Ni.4H/q;;+1;;;;;;-1. The quantitative estimate of drug-likeness (QED) is 0.357. The monoisotopic (exact) mass is 210 g/mol. The van der Waals surface area contributed by atoms with Crippen molar-refractivity contribution in [2.75, 3.05) is 0 Å². The molecule has 0 aromatic carbocycles. The van der Waals surface area contributed by atoms with Crippen molar-refractivity contribution < 1.29 is 70.6 Å². The van der Waals surface area contributed by atoms with E-state index in [4.69, 9.17) is 0 Å². The molecule has 5 heteroatoms. The van der Waals surface area contributed by atoms with E-state index in [1.54, 1.807) is 0 Å². The van der Waals surface area contributed by atoms with Crippen LogP contribution >= 0.6 is 0 Å². The molecular formula is H4AlCoLiMnNi. The summed E-state index contributed by atoms with van der Waals surface area (Å²) in [5.74, 6) is 0. The number of rotatable bonds is 0. The molecule has 34 valence electrons. The van der Waals surface area contributed by atoms with Crippen LogP contribution in [0.15, 0.2) is 0 Å². The van der Waals surface area contributed by atoms with Crippen molar-refractivity contribution in [1.29, 1.82) is 0 Å². The Morgan fingerprint density at radius 3 is 1.20 bits per heavy atom. The van der Waals surface area contributed by atoms with E-state index >= 15 is 0 Å². The molecule has 5 heavy (non-hydrogen) atoms. The van der Waals surface area contributed by atoms with Gasteiger partial charge in [0.1, 0.15) is 0 Å². The Hall–Kier alpha value is 2.65. The van der Waals surface area contributed by atoms with E-state index in [2.05, 4.69) is 0 Å². The Bertz CT molecular complexity index is 15.5. The van der Waals surface area contributed by atoms with E-state index < -0.39 is 0 Å². The van der Waals surface area contributed by atoms with Crippen LogP contribution in [-0.2, 0) is 50.3 Å². The molecule has 0 fully saturated rings. The van der Waals surface area contributed by atoms with E-state index in [0.717, 1.165) is 0 Å². The van der Waals surface area contributed by atoms with E-state index in [0.29, 0.717) is 0 Å². The maximum atomic E-state index is 0. The molecule has 0 bridgehead atoms. The first-order valence-electron chi connectivity index (χ1n) is 0. The molecule has 0 atom stereocenters. The second-order valence-electron chi connectivity index (χ2n) is 0. The Morgan fingerprint density at radius 1 is 1.20 bits per heavy atom. The molecule has 0 amide bonds. The number of hydrogen-bond donors (Lipinski definition) is 0. The molecule has 0 heterocycles. The first-order chi connectivity index (χ1) is 0. The average molecular weight is 211 g/mol. The fourth-order valence-corrected chi connectivity index (χ4v) is 0. The van der Waals surface area contributed by atoms with E-state index in [9.17, 15) is 0 Å². The maximum Gasteiger partial charge on any atom is 1.00 e. The molecule has 0 aliphatic heterocycles. The summed E-state index contributed by atoms with van der Waals surface area (Å²) < 4.78 is 0. The summed E-state index contributed by atoms with van der Waals surface area (Å²) in [6.07, 6.45) is 0. The number of hydrogen-bond acceptors (Lipinski definition) is 0. The molecular weight excluding hydrogens is 206 g/mol. The van der Waals surface area contributed by atoms with Gasteiger partial charge in [-0.3, -0.25) is 0 Å². The first-order valence-corrected chi connectivity index (χ1v) is 0. The van der Waals surface area contributed by atoms with Crippen molar-refractivity contribution in [3.63, 3.8) is 0 Å². The third-order valence-electron chi connectivity index (χ3n) is 0. The summed E-state index contributed by atoms with van der Waals surface area (Å²) in [7, 11) is 0. The van der Waals surface area contributed by atoms with Crippen LogP contribution in [-0.4, -0.2) is 17.4 Å². The first kappa shape index (κ1) is 48.2. The van der Waals surface area contributed by atoms with Gasteiger partial charge in [0.2, 0.25) is 0 Å². The van der Waals surface area contributed by atoms with Crippen LogP contribution in [0.25, 0.3) is 0 Å². The van der Waals surface area contributed by atoms with Crippen LogP contribution in [0.1, 0.15) is 1.43 Å². The van der Waals surface area contributed by atoms with Gasteiger partial charge in [0.25, 0.3) is 0 Å². The minimum Gasteiger partial charge on any atom is -1.00 e. The van der Waals surface area contributed by atoms with Gasteiger partial charge in [-0.25, -0.2) is 0 Å². The van der Waals surface area contributed by atoms with Crippen LogP contribution in [0.3, 0.4) is 0 Å². The Balaban J connectivity index is 0. The second kappa shape index (κ2) is 30.2. The third-order valence-corrected chi connectivity index (χ3v) is 0. The fourth-order valence-electron chi connectivity index (χ4n) is 0. The Labute approximate surface area is 87.0 Å². The van der Waals surface area contributed by atoms with Gasteiger partial charge in [0.05, 0.1) is 0 Å². The maximum absolute atomic E-state index is 0. The second-order valence-corrected chi connectivity index (χ2v) is 0. The minimum atomic E-state index is 0. The molecule has 2 radical (unpaired) electrons. The zero-order valence-corrected chi connectivity index (χ0v) is 5.24. The van der Waals surface area contributed by atoms with Gasteiger partial charge in [-0.05, 0) is 0 Å². The van der Waals surface area contributed by atoms with Gasteiger partial charge in [-0.15, -0.1) is 0 Å². The molecule has 0 N–H and O–H groups in total. The largest absolute Gasteiger partial charge is 1.00 e. The molecule has 0 spiro atoms. The van der Waals surface area contributed by atoms with Crippen molar-refractivity contribution in [3.8, 4) is 0 Å². The summed E-state index contributed by atoms with van der Waals surface area (Å²) in [5, 5.41) is 0. The van der Waals surface area contributed by atoms with Crippen molar-refractivity contribution in [1.82, 2.24) is 0 Å². The summed E-state index contributed by atoms with van der Waals surface area (Å²) in [6, 6.07) is 0. The van der Waals surface area contributed by atoms with Crippen LogP contribution in [0.4, 0.5) is 0 Å². The van der Waals surface area contributed by atoms with Gasteiger partial charge >= 0.3 is 18.9 Å². The van der Waals surface area contributed by atoms with Gasteiger partial charge in [-0.2, -0.15) is 0 Å². The average Bonchev–Trinajstić information content (AvgIpc) is 0. The van der Waals surface area contributed by atoms with E-state index in [-0.39, 0.29) is 88.0 Å². The van der Waals surface area contributed by atoms with Crippen molar-refractivity contribution in [2.45, 2.75) is 0 Å². The summed E-state index contributed by atoms with van der Waals surface area (Å²) in [6.45, 7) is 0. The molecule has 0 aliphatic rings. The van der Waals surface area contributed by atoms with Crippen molar-refractivity contribution >= 4 is 17.4 Å². The van der Waals surface area contributed by atoms with Crippen LogP contribution in [0.5, 0.6) is 0 Å². The van der Waals surface area contributed by atoms with E-state index in [1.165, 1.54) is 0 Å². The summed E-state index contributed by atoms with van der Waals surface area (Å²) >= 11 is 0. The molecule has 0 unspecified atom stereocenters. The van der Waals surface area contributed by atoms with Crippen molar-refractivity contribution in [2.24, 2.45) is 0 Å². The smallest absolute Gasteiger partial charge is 1.00 e. The molecule has 0 nitrogen and oxygen atoms in total. The molecule has 0 saturated heterocycles. The Morgan fingerprint density at radius 2 is 1.20 bits per heavy atom. The fraction of sp³-hybridized carbons (Fsp3) is 0. The van der Waals surface area contributed by atoms with Gasteiger partial charge < -0.3 is 1.43 Å². The van der Waals surface area contributed by atoms with E-state index in [1.807, 2.05) is 0 Å². The molecule has 0 aromatic rings. The Kier molecular flexibility index (Phi) is 291. The van der Waals surface area contributed by atoms with Gasteiger partial charge in [0.15, 0.2) is 17.4 Å². The topological polar surface area (TPSA) is 0 Å². The summed E-state index contributed by atoms with van der Waals surface area (Å²) in [4.78, 5) is 0. The third kappa shape index (κ3) is 20.5. The predicted octanol–water partition coefficient (Wildman–Crippen LogP) is -4.07. The summed E-state index contributed by atoms with van der Waals surface area (Å²) in [5.41, 5.74) is 0. The van der Waals surface area contributed by atoms with Crippen LogP contribution in [0.2, 0.25) is 0 Å². The van der Waals surface area contributed by atoms with Gasteiger partial charge in [0, 0.05) is 50.3 Å². The van der Waals surface area contributed by atoms with Crippen LogP contribution < -0.4 is 18.9 Å². The normalized spacial score (nSPS) is 0. The zero-order valence-electron chi connectivity index (χ0n) is 3.03. The van der Waals surface area contributed by atoms with Crippen LogP contribution in [0, 0.1) is 0 Å². The minimum absolute atomic E-state index is 0. The zero-order chi connectivity index (χ0) is 0. The molecule has 0 aliphatic carbocycles.